The standard InChI is InChI=1S/C7H6F4O4S/c8-6-4(12)2-1-3-5(6)15-16(13,14)7(9,10)11/h1-3H2. The zero-order valence-electron chi connectivity index (χ0n) is 7.67. The zero-order chi connectivity index (χ0) is 12.6. The highest BCUT2D eigenvalue weighted by Crippen LogP contribution is 2.31. The molecule has 0 radical (unpaired) electrons. The fourth-order valence-corrected chi connectivity index (χ4v) is 1.56. The minimum absolute atomic E-state index is 0.0506. The van der Waals surface area contributed by atoms with E-state index in [4.69, 9.17) is 0 Å². The molecule has 1 aliphatic rings. The molecule has 9 heteroatoms. The number of Topliss-reactive ketones (excluding diaryl/α,β-unsaturated/α-hetero) is 1. The van der Waals surface area contributed by atoms with E-state index in [0.717, 1.165) is 0 Å². The molecule has 0 bridgehead atoms. The average Bonchev–Trinajstić information content (AvgIpc) is 2.11. The van der Waals surface area contributed by atoms with E-state index in [2.05, 4.69) is 4.18 Å². The van der Waals surface area contributed by atoms with E-state index >= 15 is 0 Å². The van der Waals surface area contributed by atoms with E-state index in [-0.39, 0.29) is 19.3 Å². The molecule has 0 unspecified atom stereocenters. The molecule has 0 aromatic rings. The topological polar surface area (TPSA) is 60.4 Å². The molecule has 4 nitrogen and oxygen atoms in total. The third-order valence-corrected chi connectivity index (χ3v) is 2.78. The van der Waals surface area contributed by atoms with Gasteiger partial charge in [0.05, 0.1) is 0 Å². The van der Waals surface area contributed by atoms with E-state index < -0.39 is 33.0 Å². The van der Waals surface area contributed by atoms with Crippen LogP contribution >= 0.6 is 0 Å². The summed E-state index contributed by atoms with van der Waals surface area (Å²) in [5.74, 6) is -3.69. The first-order valence-electron chi connectivity index (χ1n) is 4.08. The maximum Gasteiger partial charge on any atom is 0.534 e. The summed E-state index contributed by atoms with van der Waals surface area (Å²) in [5, 5.41) is 0. The predicted molar refractivity (Wildman–Crippen MR) is 43.1 cm³/mol. The molecule has 0 aromatic carbocycles. The summed E-state index contributed by atoms with van der Waals surface area (Å²) in [5.41, 5.74) is -5.64. The van der Waals surface area contributed by atoms with E-state index in [0.29, 0.717) is 0 Å². The van der Waals surface area contributed by atoms with Crippen LogP contribution in [0.5, 0.6) is 0 Å². The number of hydrogen-bond donors (Lipinski definition) is 0. The fourth-order valence-electron chi connectivity index (χ4n) is 1.04. The number of ketones is 1. The number of carbonyl (C=O) groups is 1. The lowest BCUT2D eigenvalue weighted by Gasteiger charge is -2.15. The van der Waals surface area contributed by atoms with Gasteiger partial charge in [-0.3, -0.25) is 4.79 Å². The van der Waals surface area contributed by atoms with Crippen molar-refractivity contribution in [2.45, 2.75) is 24.8 Å². The number of hydrogen-bond acceptors (Lipinski definition) is 4. The van der Waals surface area contributed by atoms with Crippen molar-refractivity contribution in [3.05, 3.63) is 11.6 Å². The normalized spacial score (nSPS) is 18.9. The molecule has 0 spiro atoms. The van der Waals surface area contributed by atoms with Crippen molar-refractivity contribution in [2.75, 3.05) is 0 Å². The van der Waals surface area contributed by atoms with Crippen molar-refractivity contribution < 1.29 is 35.0 Å². The van der Waals surface area contributed by atoms with Gasteiger partial charge < -0.3 is 4.18 Å². The molecule has 92 valence electrons. The van der Waals surface area contributed by atoms with Crippen LogP contribution in [0.15, 0.2) is 11.6 Å². The Labute approximate surface area is 88.0 Å². The fraction of sp³-hybridized carbons (Fsp3) is 0.571. The summed E-state index contributed by atoms with van der Waals surface area (Å²) < 4.78 is 73.1. The second kappa shape index (κ2) is 4.04. The highest BCUT2D eigenvalue weighted by Gasteiger charge is 2.49. The SMILES string of the molecule is O=C1CCCC(OS(=O)(=O)C(F)(F)F)=C1F. The smallest absolute Gasteiger partial charge is 0.377 e. The third-order valence-electron chi connectivity index (χ3n) is 1.79. The molecule has 16 heavy (non-hydrogen) atoms. The second-order valence-corrected chi connectivity index (χ2v) is 4.53. The number of alkyl halides is 3. The Hall–Kier alpha value is -1.12. The van der Waals surface area contributed by atoms with Crippen molar-refractivity contribution in [3.63, 3.8) is 0 Å². The Morgan fingerprint density at radius 2 is 1.75 bits per heavy atom. The van der Waals surface area contributed by atoms with Crippen LogP contribution in [0.4, 0.5) is 17.6 Å². The summed E-state index contributed by atoms with van der Waals surface area (Å²) in [6.07, 6.45) is -0.480. The van der Waals surface area contributed by atoms with E-state index in [9.17, 15) is 30.8 Å². The first-order valence-corrected chi connectivity index (χ1v) is 5.48. The molecule has 0 heterocycles. The number of allylic oxidation sites excluding steroid dienone is 2. The molecule has 0 amide bonds. The van der Waals surface area contributed by atoms with Gasteiger partial charge in [-0.25, -0.2) is 0 Å². The Kier molecular flexibility index (Phi) is 3.27. The predicted octanol–water partition coefficient (Wildman–Crippen LogP) is 1.79. The largest absolute Gasteiger partial charge is 0.534 e. The van der Waals surface area contributed by atoms with Gasteiger partial charge in [-0.05, 0) is 6.42 Å². The number of halogens is 4. The molecule has 0 saturated heterocycles. The molecule has 0 saturated carbocycles. The minimum Gasteiger partial charge on any atom is -0.377 e. The van der Waals surface area contributed by atoms with Gasteiger partial charge in [0.2, 0.25) is 5.83 Å². The molecule has 0 aliphatic heterocycles. The van der Waals surface area contributed by atoms with Crippen LogP contribution in [0.2, 0.25) is 0 Å². The summed E-state index contributed by atoms with van der Waals surface area (Å²) in [6.45, 7) is 0. The van der Waals surface area contributed by atoms with Gasteiger partial charge in [-0.1, -0.05) is 0 Å². The Balaban J connectivity index is 2.99. The highest BCUT2D eigenvalue weighted by atomic mass is 32.2. The minimum atomic E-state index is -5.90. The van der Waals surface area contributed by atoms with Gasteiger partial charge in [0.25, 0.3) is 0 Å². The van der Waals surface area contributed by atoms with Crippen LogP contribution in [0.1, 0.15) is 19.3 Å². The lowest BCUT2D eigenvalue weighted by molar-refractivity contribution is -0.117. The van der Waals surface area contributed by atoms with Crippen LogP contribution in [0.3, 0.4) is 0 Å². The quantitative estimate of drug-likeness (QED) is 0.432. The Morgan fingerprint density at radius 3 is 2.25 bits per heavy atom. The first kappa shape index (κ1) is 12.9. The summed E-state index contributed by atoms with van der Waals surface area (Å²) in [6, 6.07) is 0. The summed E-state index contributed by atoms with van der Waals surface area (Å²) in [4.78, 5) is 10.8. The van der Waals surface area contributed by atoms with Crippen molar-refractivity contribution in [3.8, 4) is 0 Å². The van der Waals surface area contributed by atoms with Crippen molar-refractivity contribution in [1.82, 2.24) is 0 Å². The zero-order valence-corrected chi connectivity index (χ0v) is 8.49. The summed E-state index contributed by atoms with van der Waals surface area (Å²) >= 11 is 0. The van der Waals surface area contributed by atoms with Gasteiger partial charge in [-0.2, -0.15) is 26.0 Å². The summed E-state index contributed by atoms with van der Waals surface area (Å²) in [7, 11) is -5.90. The van der Waals surface area contributed by atoms with Gasteiger partial charge in [0, 0.05) is 12.8 Å². The van der Waals surface area contributed by atoms with Gasteiger partial charge >= 0.3 is 15.6 Å². The molecule has 0 fully saturated rings. The molecule has 0 atom stereocenters. The Morgan fingerprint density at radius 1 is 1.19 bits per heavy atom. The maximum absolute atomic E-state index is 12.9. The molecular formula is C7H6F4O4S. The van der Waals surface area contributed by atoms with Gasteiger partial charge in [0.1, 0.15) is 0 Å². The van der Waals surface area contributed by atoms with Crippen LogP contribution < -0.4 is 0 Å². The lowest BCUT2D eigenvalue weighted by Crippen LogP contribution is -2.26. The van der Waals surface area contributed by atoms with Crippen LogP contribution in [-0.4, -0.2) is 19.7 Å². The number of rotatable bonds is 2. The Bertz CT molecular complexity index is 434. The molecule has 0 N–H and O–H groups in total. The van der Waals surface area contributed by atoms with E-state index in [1.54, 1.807) is 0 Å². The van der Waals surface area contributed by atoms with Crippen LogP contribution in [-0.2, 0) is 19.1 Å². The molecule has 0 aromatic heterocycles. The second-order valence-electron chi connectivity index (χ2n) is 3.00. The molecular weight excluding hydrogens is 256 g/mol. The third kappa shape index (κ3) is 2.52. The van der Waals surface area contributed by atoms with Gasteiger partial charge in [-0.15, -0.1) is 0 Å². The molecule has 1 aliphatic carbocycles. The number of carbonyl (C=O) groups excluding carboxylic acids is 1. The first-order chi connectivity index (χ1) is 7.15. The van der Waals surface area contributed by atoms with E-state index in [1.807, 2.05) is 0 Å². The molecule has 1 rings (SSSR count). The van der Waals surface area contributed by atoms with Crippen LogP contribution in [0.25, 0.3) is 0 Å². The highest BCUT2D eigenvalue weighted by molar-refractivity contribution is 7.87. The van der Waals surface area contributed by atoms with Crippen LogP contribution in [0, 0.1) is 0 Å². The average molecular weight is 262 g/mol. The lowest BCUT2D eigenvalue weighted by atomic mass is 10.0. The monoisotopic (exact) mass is 262 g/mol. The van der Waals surface area contributed by atoms with E-state index in [1.165, 1.54) is 0 Å². The maximum atomic E-state index is 12.9. The van der Waals surface area contributed by atoms with Crippen molar-refractivity contribution in [1.29, 1.82) is 0 Å². The van der Waals surface area contributed by atoms with Crippen molar-refractivity contribution in [2.24, 2.45) is 0 Å². The van der Waals surface area contributed by atoms with Crippen molar-refractivity contribution >= 4 is 15.9 Å². The van der Waals surface area contributed by atoms with Gasteiger partial charge in [0.15, 0.2) is 11.5 Å².